The molecule has 1 aromatic rings. The van der Waals surface area contributed by atoms with E-state index in [4.69, 9.17) is 16.3 Å². The Bertz CT molecular complexity index is 475. The first-order valence-electron chi connectivity index (χ1n) is 5.87. The molecule has 0 amide bonds. The third-order valence-electron chi connectivity index (χ3n) is 2.32. The number of nitrogens with zero attached hydrogens (tertiary/aromatic N) is 1. The van der Waals surface area contributed by atoms with Crippen molar-refractivity contribution in [3.8, 4) is 5.75 Å². The summed E-state index contributed by atoms with van der Waals surface area (Å²) in [6.07, 6.45) is 0. The van der Waals surface area contributed by atoms with E-state index >= 15 is 0 Å². The van der Waals surface area contributed by atoms with Crippen molar-refractivity contribution in [2.24, 2.45) is 0 Å². The van der Waals surface area contributed by atoms with Crippen molar-refractivity contribution in [3.05, 3.63) is 45.5 Å². The van der Waals surface area contributed by atoms with Crippen molar-refractivity contribution < 1.29 is 9.66 Å². The van der Waals surface area contributed by atoms with Crippen LogP contribution in [0.25, 0.3) is 0 Å². The minimum Gasteiger partial charge on any atom is -0.487 e. The number of hydrogen-bond acceptors (Lipinski definition) is 4. The summed E-state index contributed by atoms with van der Waals surface area (Å²) in [5, 5.41) is 14.2. The maximum atomic E-state index is 10.7. The minimum absolute atomic E-state index is 0.0506. The van der Waals surface area contributed by atoms with Crippen LogP contribution in [0.15, 0.2) is 30.4 Å². The minimum atomic E-state index is -0.488. The summed E-state index contributed by atoms with van der Waals surface area (Å²) < 4.78 is 5.45. The summed E-state index contributed by atoms with van der Waals surface area (Å²) in [5.74, 6) is 0.293. The summed E-state index contributed by atoms with van der Waals surface area (Å²) in [5.41, 5.74) is 0.793. The molecule has 0 aromatic heterocycles. The highest BCUT2D eigenvalue weighted by molar-refractivity contribution is 6.32. The van der Waals surface area contributed by atoms with Gasteiger partial charge in [-0.05, 0) is 11.6 Å². The molecule has 0 saturated carbocycles. The Labute approximate surface area is 117 Å². The van der Waals surface area contributed by atoms with Gasteiger partial charge in [-0.1, -0.05) is 32.0 Å². The van der Waals surface area contributed by atoms with Crippen LogP contribution in [0.5, 0.6) is 5.75 Å². The van der Waals surface area contributed by atoms with Crippen molar-refractivity contribution in [1.29, 1.82) is 0 Å². The molecule has 0 aliphatic carbocycles. The van der Waals surface area contributed by atoms with E-state index in [1.54, 1.807) is 0 Å². The lowest BCUT2D eigenvalue weighted by molar-refractivity contribution is -0.384. The van der Waals surface area contributed by atoms with Gasteiger partial charge in [-0.15, -0.1) is 0 Å². The van der Waals surface area contributed by atoms with Crippen LogP contribution < -0.4 is 10.1 Å². The van der Waals surface area contributed by atoms with Gasteiger partial charge in [-0.3, -0.25) is 10.1 Å². The summed E-state index contributed by atoms with van der Waals surface area (Å²) in [6, 6.07) is 4.46. The third kappa shape index (κ3) is 5.28. The SMILES string of the molecule is C=C(CNC(C)C)COc1cc([N+](=O)[O-])ccc1Cl. The topological polar surface area (TPSA) is 64.4 Å². The van der Waals surface area contributed by atoms with Crippen molar-refractivity contribution in [2.45, 2.75) is 19.9 Å². The molecule has 6 heteroatoms. The Balaban J connectivity index is 2.59. The maximum absolute atomic E-state index is 10.7. The fourth-order valence-corrected chi connectivity index (χ4v) is 1.47. The van der Waals surface area contributed by atoms with Gasteiger partial charge in [0.25, 0.3) is 5.69 Å². The number of benzene rings is 1. The first-order chi connectivity index (χ1) is 8.90. The molecule has 0 saturated heterocycles. The van der Waals surface area contributed by atoms with Gasteiger partial charge in [0.1, 0.15) is 12.4 Å². The number of ether oxygens (including phenoxy) is 1. The van der Waals surface area contributed by atoms with Crippen molar-refractivity contribution >= 4 is 17.3 Å². The van der Waals surface area contributed by atoms with Gasteiger partial charge in [0.2, 0.25) is 0 Å². The van der Waals surface area contributed by atoms with Crippen molar-refractivity contribution in [3.63, 3.8) is 0 Å². The molecule has 1 aromatic carbocycles. The molecule has 0 radical (unpaired) electrons. The van der Waals surface area contributed by atoms with Crippen LogP contribution in [0, 0.1) is 10.1 Å². The zero-order valence-electron chi connectivity index (χ0n) is 11.0. The van der Waals surface area contributed by atoms with Gasteiger partial charge in [0.15, 0.2) is 0 Å². The predicted molar refractivity (Wildman–Crippen MR) is 75.9 cm³/mol. The summed E-state index contributed by atoms with van der Waals surface area (Å²) in [6.45, 7) is 8.82. The van der Waals surface area contributed by atoms with Gasteiger partial charge in [0, 0.05) is 18.7 Å². The van der Waals surface area contributed by atoms with Gasteiger partial charge in [-0.2, -0.15) is 0 Å². The molecule has 5 nitrogen and oxygen atoms in total. The first-order valence-corrected chi connectivity index (χ1v) is 6.24. The molecule has 0 aliphatic rings. The number of nitrogens with one attached hydrogen (secondary N) is 1. The molecule has 0 heterocycles. The van der Waals surface area contributed by atoms with E-state index in [2.05, 4.69) is 11.9 Å². The van der Waals surface area contributed by atoms with Gasteiger partial charge >= 0.3 is 0 Å². The Morgan fingerprint density at radius 2 is 2.26 bits per heavy atom. The van der Waals surface area contributed by atoms with E-state index in [0.717, 1.165) is 5.57 Å². The van der Waals surface area contributed by atoms with Crippen LogP contribution in [-0.4, -0.2) is 24.1 Å². The average molecular weight is 285 g/mol. The largest absolute Gasteiger partial charge is 0.487 e. The number of nitro groups is 1. The molecule has 0 bridgehead atoms. The van der Waals surface area contributed by atoms with Crippen molar-refractivity contribution in [1.82, 2.24) is 5.32 Å². The Morgan fingerprint density at radius 1 is 1.58 bits per heavy atom. The number of non-ortho nitro benzene ring substituents is 1. The number of rotatable bonds is 7. The van der Waals surface area contributed by atoms with E-state index in [-0.39, 0.29) is 12.3 Å². The highest BCUT2D eigenvalue weighted by Gasteiger charge is 2.11. The molecule has 0 fully saturated rings. The van der Waals surface area contributed by atoms with Crippen molar-refractivity contribution in [2.75, 3.05) is 13.2 Å². The van der Waals surface area contributed by atoms with E-state index in [0.29, 0.717) is 23.4 Å². The standard InChI is InChI=1S/C13H17ClN2O3/c1-9(2)15-7-10(3)8-19-13-6-11(16(17)18)4-5-12(13)14/h4-6,9,15H,3,7-8H2,1-2H3. The predicted octanol–water partition coefficient (Wildman–Crippen LogP) is 3.18. The second kappa shape index (κ2) is 7.11. The summed E-state index contributed by atoms with van der Waals surface area (Å²) >= 11 is 5.92. The third-order valence-corrected chi connectivity index (χ3v) is 2.63. The van der Waals surface area contributed by atoms with Crippen LogP contribution in [0.4, 0.5) is 5.69 Å². The first kappa shape index (κ1) is 15.5. The monoisotopic (exact) mass is 284 g/mol. The lowest BCUT2D eigenvalue weighted by Crippen LogP contribution is -2.26. The van der Waals surface area contributed by atoms with Gasteiger partial charge in [0.05, 0.1) is 16.0 Å². The number of hydrogen-bond donors (Lipinski definition) is 1. The molecule has 0 spiro atoms. The molecule has 1 rings (SSSR count). The van der Waals surface area contributed by atoms with Crippen LogP contribution in [0.3, 0.4) is 0 Å². The van der Waals surface area contributed by atoms with Crippen LogP contribution >= 0.6 is 11.6 Å². The second-order valence-electron chi connectivity index (χ2n) is 4.45. The van der Waals surface area contributed by atoms with Crippen LogP contribution in [0.2, 0.25) is 5.02 Å². The highest BCUT2D eigenvalue weighted by atomic mass is 35.5. The molecular formula is C13H17ClN2O3. The summed E-state index contributed by atoms with van der Waals surface area (Å²) in [4.78, 5) is 10.2. The molecule has 0 unspecified atom stereocenters. The fourth-order valence-electron chi connectivity index (χ4n) is 1.30. The lowest BCUT2D eigenvalue weighted by atomic mass is 10.3. The van der Waals surface area contributed by atoms with Gasteiger partial charge in [-0.25, -0.2) is 0 Å². The Kier molecular flexibility index (Phi) is 5.79. The Hall–Kier alpha value is -1.59. The molecular weight excluding hydrogens is 268 g/mol. The quantitative estimate of drug-likeness (QED) is 0.474. The molecule has 104 valence electrons. The smallest absolute Gasteiger partial charge is 0.273 e. The summed E-state index contributed by atoms with van der Waals surface area (Å²) in [7, 11) is 0. The molecule has 0 aliphatic heterocycles. The Morgan fingerprint density at radius 3 is 2.84 bits per heavy atom. The zero-order chi connectivity index (χ0) is 14.4. The van der Waals surface area contributed by atoms with Crippen LogP contribution in [-0.2, 0) is 0 Å². The fraction of sp³-hybridized carbons (Fsp3) is 0.385. The lowest BCUT2D eigenvalue weighted by Gasteiger charge is -2.12. The number of nitro benzene ring substituents is 1. The van der Waals surface area contributed by atoms with Crippen LogP contribution in [0.1, 0.15) is 13.8 Å². The highest BCUT2D eigenvalue weighted by Crippen LogP contribution is 2.29. The molecule has 0 atom stereocenters. The van der Waals surface area contributed by atoms with E-state index < -0.39 is 4.92 Å². The molecule has 19 heavy (non-hydrogen) atoms. The maximum Gasteiger partial charge on any atom is 0.273 e. The zero-order valence-corrected chi connectivity index (χ0v) is 11.7. The normalized spacial score (nSPS) is 10.5. The second-order valence-corrected chi connectivity index (χ2v) is 4.85. The van der Waals surface area contributed by atoms with Gasteiger partial charge < -0.3 is 10.1 Å². The molecule has 1 N–H and O–H groups in total. The number of halogens is 1. The van der Waals surface area contributed by atoms with E-state index in [9.17, 15) is 10.1 Å². The van der Waals surface area contributed by atoms with E-state index in [1.807, 2.05) is 13.8 Å². The average Bonchev–Trinajstić information content (AvgIpc) is 2.35. The van der Waals surface area contributed by atoms with E-state index in [1.165, 1.54) is 18.2 Å².